The zero-order valence-electron chi connectivity index (χ0n) is 13.4. The Balaban J connectivity index is 1.58. The second kappa shape index (κ2) is 6.60. The molecule has 0 atom stereocenters. The Bertz CT molecular complexity index is 962. The van der Waals surface area contributed by atoms with Gasteiger partial charge in [-0.1, -0.05) is 17.4 Å². The number of pyridine rings is 1. The van der Waals surface area contributed by atoms with Crippen molar-refractivity contribution in [3.63, 3.8) is 0 Å². The van der Waals surface area contributed by atoms with E-state index in [0.29, 0.717) is 4.96 Å². The third-order valence-corrected chi connectivity index (χ3v) is 5.04. The van der Waals surface area contributed by atoms with Crippen LogP contribution in [0.4, 0.5) is 5.13 Å². The van der Waals surface area contributed by atoms with Crippen LogP contribution < -0.4 is 15.8 Å². The molecule has 3 aromatic heterocycles. The molecule has 4 heterocycles. The highest BCUT2D eigenvalue weighted by molar-refractivity contribution is 7.20. The summed E-state index contributed by atoms with van der Waals surface area (Å²) in [5.74, 6) is -0.478. The molecule has 0 radical (unpaired) electrons. The van der Waals surface area contributed by atoms with Crippen LogP contribution in [-0.4, -0.2) is 38.6 Å². The molecule has 128 valence electrons. The normalized spacial score (nSPS) is 14.2. The monoisotopic (exact) mass is 356 g/mol. The predicted octanol–water partition coefficient (Wildman–Crippen LogP) is 1.08. The van der Waals surface area contributed by atoms with E-state index in [-0.39, 0.29) is 12.1 Å². The molecule has 0 aliphatic carbocycles. The Hall–Kier alpha value is -2.81. The third kappa shape index (κ3) is 3.10. The lowest BCUT2D eigenvalue weighted by Crippen LogP contribution is -2.31. The van der Waals surface area contributed by atoms with Crippen molar-refractivity contribution >= 4 is 27.3 Å². The summed E-state index contributed by atoms with van der Waals surface area (Å²) in [6, 6.07) is 5.44. The van der Waals surface area contributed by atoms with E-state index in [9.17, 15) is 9.59 Å². The first-order valence-corrected chi connectivity index (χ1v) is 8.86. The summed E-state index contributed by atoms with van der Waals surface area (Å²) >= 11 is 1.36. The SMILES string of the molecule is O=C(NCc1ccccn1)c1cnc2sc(N3CCCC3)nn2c1=O. The number of carbonyl (C=O) groups excluding carboxylic acids is 1. The molecule has 0 saturated carbocycles. The maximum atomic E-state index is 12.6. The molecule has 9 heteroatoms. The summed E-state index contributed by atoms with van der Waals surface area (Å²) in [6.07, 6.45) is 5.22. The number of hydrogen-bond donors (Lipinski definition) is 1. The molecular weight excluding hydrogens is 340 g/mol. The van der Waals surface area contributed by atoms with Crippen molar-refractivity contribution in [2.24, 2.45) is 0 Å². The first kappa shape index (κ1) is 15.7. The van der Waals surface area contributed by atoms with E-state index in [2.05, 4.69) is 25.3 Å². The third-order valence-electron chi connectivity index (χ3n) is 4.05. The van der Waals surface area contributed by atoms with Gasteiger partial charge in [0.05, 0.1) is 12.2 Å². The molecule has 1 fully saturated rings. The van der Waals surface area contributed by atoms with Gasteiger partial charge >= 0.3 is 0 Å². The summed E-state index contributed by atoms with van der Waals surface area (Å²) in [5.41, 5.74) is 0.242. The van der Waals surface area contributed by atoms with Crippen molar-refractivity contribution in [2.45, 2.75) is 19.4 Å². The molecule has 0 bridgehead atoms. The van der Waals surface area contributed by atoms with Gasteiger partial charge in [-0.05, 0) is 25.0 Å². The van der Waals surface area contributed by atoms with E-state index in [0.717, 1.165) is 36.8 Å². The fourth-order valence-electron chi connectivity index (χ4n) is 2.74. The van der Waals surface area contributed by atoms with Crippen LogP contribution in [0, 0.1) is 0 Å². The number of fused-ring (bicyclic) bond motifs is 1. The number of anilines is 1. The van der Waals surface area contributed by atoms with Gasteiger partial charge in [0.15, 0.2) is 0 Å². The lowest BCUT2D eigenvalue weighted by molar-refractivity contribution is 0.0948. The van der Waals surface area contributed by atoms with E-state index in [1.807, 2.05) is 6.07 Å². The minimum absolute atomic E-state index is 0.0216. The molecule has 25 heavy (non-hydrogen) atoms. The van der Waals surface area contributed by atoms with Crippen LogP contribution in [0.25, 0.3) is 4.96 Å². The van der Waals surface area contributed by atoms with Crippen molar-refractivity contribution in [2.75, 3.05) is 18.0 Å². The van der Waals surface area contributed by atoms with E-state index < -0.39 is 11.5 Å². The van der Waals surface area contributed by atoms with Crippen molar-refractivity contribution in [3.8, 4) is 0 Å². The highest BCUT2D eigenvalue weighted by Crippen LogP contribution is 2.24. The molecule has 4 rings (SSSR count). The number of hydrogen-bond acceptors (Lipinski definition) is 7. The second-order valence-corrected chi connectivity index (χ2v) is 6.69. The Kier molecular flexibility index (Phi) is 4.14. The van der Waals surface area contributed by atoms with Gasteiger partial charge in [0.1, 0.15) is 5.56 Å². The number of rotatable bonds is 4. The topological polar surface area (TPSA) is 92.5 Å². The molecule has 0 aromatic carbocycles. The Labute approximate surface area is 147 Å². The maximum absolute atomic E-state index is 12.6. The van der Waals surface area contributed by atoms with Crippen LogP contribution in [-0.2, 0) is 6.54 Å². The highest BCUT2D eigenvalue weighted by Gasteiger charge is 2.20. The molecule has 1 saturated heterocycles. The van der Waals surface area contributed by atoms with Gasteiger partial charge in [0, 0.05) is 25.5 Å². The zero-order valence-corrected chi connectivity index (χ0v) is 14.2. The first-order valence-electron chi connectivity index (χ1n) is 8.04. The minimum Gasteiger partial charge on any atom is -0.347 e. The molecule has 1 N–H and O–H groups in total. The number of nitrogens with zero attached hydrogens (tertiary/aromatic N) is 5. The average molecular weight is 356 g/mol. The predicted molar refractivity (Wildman–Crippen MR) is 94.0 cm³/mol. The lowest BCUT2D eigenvalue weighted by atomic mass is 10.3. The Morgan fingerprint density at radius 2 is 2.08 bits per heavy atom. The molecule has 1 amide bonds. The average Bonchev–Trinajstić information content (AvgIpc) is 3.30. The van der Waals surface area contributed by atoms with Crippen LogP contribution in [0.3, 0.4) is 0 Å². The van der Waals surface area contributed by atoms with Crippen LogP contribution >= 0.6 is 11.3 Å². The zero-order chi connectivity index (χ0) is 17.2. The van der Waals surface area contributed by atoms with Gasteiger partial charge in [0.25, 0.3) is 11.5 Å². The quantitative estimate of drug-likeness (QED) is 0.752. The van der Waals surface area contributed by atoms with E-state index in [4.69, 9.17) is 0 Å². The van der Waals surface area contributed by atoms with Gasteiger partial charge in [-0.2, -0.15) is 4.52 Å². The molecule has 1 aliphatic heterocycles. The summed E-state index contributed by atoms with van der Waals surface area (Å²) in [4.78, 5) is 35.9. The van der Waals surface area contributed by atoms with Gasteiger partial charge in [0.2, 0.25) is 10.1 Å². The van der Waals surface area contributed by atoms with Crippen molar-refractivity contribution in [1.29, 1.82) is 0 Å². The molecule has 8 nitrogen and oxygen atoms in total. The number of nitrogens with one attached hydrogen (secondary N) is 1. The van der Waals surface area contributed by atoms with Gasteiger partial charge in [-0.15, -0.1) is 5.10 Å². The summed E-state index contributed by atoms with van der Waals surface area (Å²) in [5, 5.41) is 7.81. The Morgan fingerprint density at radius 3 is 2.84 bits per heavy atom. The lowest BCUT2D eigenvalue weighted by Gasteiger charge is -2.10. The van der Waals surface area contributed by atoms with Crippen molar-refractivity contribution < 1.29 is 4.79 Å². The number of aromatic nitrogens is 4. The molecule has 0 spiro atoms. The van der Waals surface area contributed by atoms with Crippen LogP contribution in [0.15, 0.2) is 35.4 Å². The van der Waals surface area contributed by atoms with Crippen molar-refractivity contribution in [1.82, 2.24) is 24.9 Å². The molecular formula is C16H16N6O2S. The van der Waals surface area contributed by atoms with Crippen LogP contribution in [0.2, 0.25) is 0 Å². The number of carbonyl (C=O) groups is 1. The Morgan fingerprint density at radius 1 is 1.24 bits per heavy atom. The standard InChI is InChI=1S/C16H16N6O2S/c23-13(18-9-11-5-1-2-6-17-11)12-10-19-15-22(14(12)24)20-16(25-15)21-7-3-4-8-21/h1-2,5-6,10H,3-4,7-9H2,(H,18,23). The fourth-order valence-corrected chi connectivity index (χ4v) is 3.65. The smallest absolute Gasteiger partial charge is 0.288 e. The summed E-state index contributed by atoms with van der Waals surface area (Å²) < 4.78 is 1.22. The maximum Gasteiger partial charge on any atom is 0.288 e. The van der Waals surface area contributed by atoms with E-state index in [1.54, 1.807) is 18.3 Å². The summed E-state index contributed by atoms with van der Waals surface area (Å²) in [7, 11) is 0. The van der Waals surface area contributed by atoms with Gasteiger partial charge in [-0.3, -0.25) is 14.6 Å². The van der Waals surface area contributed by atoms with E-state index >= 15 is 0 Å². The largest absolute Gasteiger partial charge is 0.347 e. The van der Waals surface area contributed by atoms with Crippen LogP contribution in [0.1, 0.15) is 28.9 Å². The molecule has 0 unspecified atom stereocenters. The minimum atomic E-state index is -0.478. The number of amides is 1. The second-order valence-electron chi connectivity index (χ2n) is 5.75. The van der Waals surface area contributed by atoms with Crippen molar-refractivity contribution in [3.05, 3.63) is 52.2 Å². The van der Waals surface area contributed by atoms with Crippen LogP contribution in [0.5, 0.6) is 0 Å². The molecule has 1 aliphatic rings. The summed E-state index contributed by atoms with van der Waals surface area (Å²) in [6.45, 7) is 2.12. The van der Waals surface area contributed by atoms with E-state index in [1.165, 1.54) is 22.0 Å². The highest BCUT2D eigenvalue weighted by atomic mass is 32.1. The van der Waals surface area contributed by atoms with Gasteiger partial charge < -0.3 is 10.2 Å². The first-order chi connectivity index (χ1) is 12.2. The molecule has 3 aromatic rings. The fraction of sp³-hybridized carbons (Fsp3) is 0.312. The van der Waals surface area contributed by atoms with Gasteiger partial charge in [-0.25, -0.2) is 4.98 Å².